The molecule has 0 saturated carbocycles. The van der Waals surface area contributed by atoms with Gasteiger partial charge in [0.2, 0.25) is 0 Å². The van der Waals surface area contributed by atoms with Crippen molar-refractivity contribution in [3.05, 3.63) is 82.6 Å². The van der Waals surface area contributed by atoms with Crippen molar-refractivity contribution >= 4 is 27.8 Å². The molecule has 0 bridgehead atoms. The van der Waals surface area contributed by atoms with Crippen molar-refractivity contribution in [2.45, 2.75) is 17.9 Å². The topological polar surface area (TPSA) is 183 Å². The van der Waals surface area contributed by atoms with Crippen LogP contribution in [0.4, 0.5) is 10.5 Å². The van der Waals surface area contributed by atoms with Crippen LogP contribution in [0.15, 0.2) is 70.5 Å². The van der Waals surface area contributed by atoms with E-state index in [-0.39, 0.29) is 49.4 Å². The highest BCUT2D eigenvalue weighted by molar-refractivity contribution is 7.89. The van der Waals surface area contributed by atoms with Gasteiger partial charge < -0.3 is 32.8 Å². The zero-order valence-electron chi connectivity index (χ0n) is 24.0. The molecule has 0 N–H and O–H groups in total. The minimum absolute atomic E-state index is 0.0564. The molecule has 1 aromatic heterocycles. The highest BCUT2D eigenvalue weighted by atomic mass is 32.2. The minimum Gasteiger partial charge on any atom is -0.469 e. The number of ether oxygens (including phenoxy) is 6. The van der Waals surface area contributed by atoms with Crippen LogP contribution in [0.3, 0.4) is 0 Å². The van der Waals surface area contributed by atoms with E-state index in [2.05, 4.69) is 6.58 Å². The van der Waals surface area contributed by atoms with Crippen LogP contribution in [0, 0.1) is 10.1 Å². The smallest absolute Gasteiger partial charge is 0.424 e. The van der Waals surface area contributed by atoms with Gasteiger partial charge in [0.05, 0.1) is 30.6 Å². The van der Waals surface area contributed by atoms with Gasteiger partial charge in [-0.25, -0.2) is 13.2 Å². The number of benzene rings is 2. The molecule has 16 heteroatoms. The number of nitro groups is 1. The summed E-state index contributed by atoms with van der Waals surface area (Å²) in [5, 5.41) is 11.6. The number of amides is 1. The van der Waals surface area contributed by atoms with Crippen LogP contribution in [0.2, 0.25) is 0 Å². The number of hydrogen-bond acceptors (Lipinski definition) is 13. The van der Waals surface area contributed by atoms with Gasteiger partial charge >= 0.3 is 12.1 Å². The molecule has 0 saturated heterocycles. The van der Waals surface area contributed by atoms with E-state index in [9.17, 15) is 28.1 Å². The van der Waals surface area contributed by atoms with Gasteiger partial charge in [0.25, 0.3) is 15.7 Å². The number of hydrogen-bond donors (Lipinski definition) is 0. The molecular weight excluding hydrogens is 604 g/mol. The molecule has 1 amide bonds. The first-order valence-corrected chi connectivity index (χ1v) is 14.1. The molecule has 0 fully saturated rings. The number of furan rings is 1. The summed E-state index contributed by atoms with van der Waals surface area (Å²) in [6.45, 7) is 2.10. The Morgan fingerprint density at radius 2 is 1.75 bits per heavy atom. The summed E-state index contributed by atoms with van der Waals surface area (Å²) in [7, 11) is -0.770. The second-order valence-corrected chi connectivity index (χ2v) is 10.5. The third kappa shape index (κ3) is 8.12. The van der Waals surface area contributed by atoms with Crippen LogP contribution in [-0.2, 0) is 46.7 Å². The molecule has 0 radical (unpaired) electrons. The molecule has 3 rings (SSSR count). The first-order valence-electron chi connectivity index (χ1n) is 12.7. The van der Waals surface area contributed by atoms with E-state index in [4.69, 9.17) is 32.8 Å². The fraction of sp³-hybridized carbons (Fsp3) is 0.286. The largest absolute Gasteiger partial charge is 0.469 e. The third-order valence-electron chi connectivity index (χ3n) is 5.76. The molecule has 0 unspecified atom stereocenters. The van der Waals surface area contributed by atoms with Crippen molar-refractivity contribution in [2.24, 2.45) is 0 Å². The quantitative estimate of drug-likeness (QED) is 0.0724. The molecule has 3 aromatic rings. The van der Waals surface area contributed by atoms with Gasteiger partial charge in [0.1, 0.15) is 29.6 Å². The van der Waals surface area contributed by atoms with Gasteiger partial charge in [-0.1, -0.05) is 24.8 Å². The second-order valence-electron chi connectivity index (χ2n) is 8.68. The maximum Gasteiger partial charge on any atom is 0.424 e. The van der Waals surface area contributed by atoms with E-state index >= 15 is 0 Å². The zero-order chi connectivity index (χ0) is 32.3. The van der Waals surface area contributed by atoms with Gasteiger partial charge in [-0.2, -0.15) is 4.31 Å². The lowest BCUT2D eigenvalue weighted by Gasteiger charge is -2.21. The summed E-state index contributed by atoms with van der Waals surface area (Å²) in [6, 6.07) is 10.5. The number of carbonyl (C=O) groups excluding carboxylic acids is 2. The highest BCUT2D eigenvalue weighted by Gasteiger charge is 2.36. The number of carbonyl (C=O) groups is 2. The molecule has 1 heterocycles. The zero-order valence-corrected chi connectivity index (χ0v) is 24.9. The number of para-hydroxylation sites is 1. The van der Waals surface area contributed by atoms with Gasteiger partial charge in [0, 0.05) is 26.4 Å². The molecule has 2 aromatic carbocycles. The van der Waals surface area contributed by atoms with Crippen molar-refractivity contribution in [1.29, 1.82) is 0 Å². The van der Waals surface area contributed by atoms with E-state index in [0.717, 1.165) is 12.1 Å². The van der Waals surface area contributed by atoms with Crippen LogP contribution in [0.25, 0.3) is 11.3 Å². The molecule has 0 aliphatic heterocycles. The lowest BCUT2D eigenvalue weighted by molar-refractivity contribution is -0.387. The van der Waals surface area contributed by atoms with Gasteiger partial charge in [-0.15, -0.1) is 0 Å². The molecule has 0 aliphatic rings. The predicted molar refractivity (Wildman–Crippen MR) is 152 cm³/mol. The summed E-state index contributed by atoms with van der Waals surface area (Å²) < 4.78 is 64.5. The average Bonchev–Trinajstić information content (AvgIpc) is 3.48. The average molecular weight is 635 g/mol. The number of methoxy groups -OCH3 is 3. The Balaban J connectivity index is 2.12. The van der Waals surface area contributed by atoms with E-state index < -0.39 is 44.1 Å². The van der Waals surface area contributed by atoms with Gasteiger partial charge in [0.15, 0.2) is 18.5 Å². The van der Waals surface area contributed by atoms with Crippen molar-refractivity contribution < 1.29 is 55.8 Å². The first kappa shape index (κ1) is 33.6. The van der Waals surface area contributed by atoms with Crippen LogP contribution >= 0.6 is 0 Å². The Hall–Kier alpha value is -4.93. The molecule has 44 heavy (non-hydrogen) atoms. The summed E-state index contributed by atoms with van der Waals surface area (Å²) in [5.74, 6) is -0.0645. The lowest BCUT2D eigenvalue weighted by Crippen LogP contribution is -2.37. The van der Waals surface area contributed by atoms with Gasteiger partial charge in [-0.3, -0.25) is 14.9 Å². The second kappa shape index (κ2) is 15.5. The maximum absolute atomic E-state index is 13.6. The third-order valence-corrected chi connectivity index (χ3v) is 7.52. The summed E-state index contributed by atoms with van der Waals surface area (Å²) in [4.78, 5) is 35.2. The van der Waals surface area contributed by atoms with Crippen molar-refractivity contribution in [2.75, 3.05) is 41.5 Å². The van der Waals surface area contributed by atoms with Crippen LogP contribution in [-0.4, -0.2) is 71.2 Å². The lowest BCUT2D eigenvalue weighted by atomic mass is 10.0. The van der Waals surface area contributed by atoms with Gasteiger partial charge in [-0.05, 0) is 29.8 Å². The number of nitrogens with zero attached hydrogens (tertiary/aromatic N) is 2. The predicted octanol–water partition coefficient (Wildman–Crippen LogP) is 4.05. The Morgan fingerprint density at radius 1 is 1.05 bits per heavy atom. The number of rotatable bonds is 16. The van der Waals surface area contributed by atoms with Crippen molar-refractivity contribution in [1.82, 2.24) is 4.31 Å². The Kier molecular flexibility index (Phi) is 11.8. The van der Waals surface area contributed by atoms with Crippen LogP contribution in [0.1, 0.15) is 11.3 Å². The Labute approximate surface area is 252 Å². The Bertz CT molecular complexity index is 1600. The standard InChI is InChI=1S/C28H30N2O13S/c1-5-12-40-28(32)29(44(35,36)25-9-7-6-8-22(25)30(33)34)16-20-10-11-23(43-20)27-19(14-26(31)39-4)13-21(41-17-37-2)15-24(27)42-18-38-3/h5-11,13,15H,1,12,14,16-18H2,2-4H3. The molecule has 236 valence electrons. The maximum atomic E-state index is 13.6. The van der Waals surface area contributed by atoms with Crippen molar-refractivity contribution in [3.8, 4) is 22.8 Å². The Morgan fingerprint density at radius 3 is 2.41 bits per heavy atom. The first-order chi connectivity index (χ1) is 21.1. The molecule has 0 spiro atoms. The van der Waals surface area contributed by atoms with Crippen molar-refractivity contribution in [3.63, 3.8) is 0 Å². The molecule has 15 nitrogen and oxygen atoms in total. The SMILES string of the molecule is C=CCOC(=O)N(Cc1ccc(-c2c(CC(=O)OC)cc(OCOC)cc2OCOC)o1)S(=O)(=O)c1ccccc1[N+](=O)[O-]. The highest BCUT2D eigenvalue weighted by Crippen LogP contribution is 2.39. The molecule has 0 aliphatic carbocycles. The van der Waals surface area contributed by atoms with E-state index in [1.165, 1.54) is 57.7 Å². The summed E-state index contributed by atoms with van der Waals surface area (Å²) in [6.07, 6.45) is -0.332. The summed E-state index contributed by atoms with van der Waals surface area (Å²) >= 11 is 0. The van der Waals surface area contributed by atoms with E-state index in [0.29, 0.717) is 15.6 Å². The normalized spacial score (nSPS) is 11.0. The monoisotopic (exact) mass is 634 g/mol. The number of nitro benzene ring substituents is 1. The minimum atomic E-state index is -4.83. The van der Waals surface area contributed by atoms with E-state index in [1.807, 2.05) is 0 Å². The molecule has 0 atom stereocenters. The van der Waals surface area contributed by atoms with Crippen LogP contribution in [0.5, 0.6) is 11.5 Å². The summed E-state index contributed by atoms with van der Waals surface area (Å²) in [5.41, 5.74) is -0.102. The fourth-order valence-corrected chi connectivity index (χ4v) is 5.31. The van der Waals surface area contributed by atoms with E-state index in [1.54, 1.807) is 6.07 Å². The fourth-order valence-electron chi connectivity index (χ4n) is 3.87. The number of esters is 1. The van der Waals surface area contributed by atoms with Crippen LogP contribution < -0.4 is 9.47 Å². The molecular formula is C28H30N2O13S. The number of sulfonamides is 1.